The van der Waals surface area contributed by atoms with Gasteiger partial charge in [-0.3, -0.25) is 9.36 Å². The average Bonchev–Trinajstić information content (AvgIpc) is 2.48. The molecule has 24 heavy (non-hydrogen) atoms. The van der Waals surface area contributed by atoms with E-state index in [4.69, 9.17) is 4.74 Å². The number of hydrogen-bond donors (Lipinski definition) is 0. The van der Waals surface area contributed by atoms with E-state index in [1.807, 2.05) is 27.0 Å². The molecule has 1 aromatic heterocycles. The van der Waals surface area contributed by atoms with Gasteiger partial charge in [-0.1, -0.05) is 32.5 Å². The first-order chi connectivity index (χ1) is 11.2. The van der Waals surface area contributed by atoms with Crippen LogP contribution >= 0.6 is 11.8 Å². The Balaban J connectivity index is 2.28. The summed E-state index contributed by atoms with van der Waals surface area (Å²) in [6.07, 6.45) is 3.18. The van der Waals surface area contributed by atoms with Gasteiger partial charge in [0.2, 0.25) is 5.75 Å². The Bertz CT molecular complexity index is 785. The molecular formula is C17H20F2N2O2S. The van der Waals surface area contributed by atoms with E-state index in [9.17, 15) is 13.6 Å². The second-order valence-corrected chi connectivity index (χ2v) is 7.36. The van der Waals surface area contributed by atoms with Gasteiger partial charge < -0.3 is 4.74 Å². The van der Waals surface area contributed by atoms with E-state index in [1.54, 1.807) is 4.57 Å². The molecule has 0 saturated carbocycles. The fourth-order valence-corrected chi connectivity index (χ4v) is 2.65. The summed E-state index contributed by atoms with van der Waals surface area (Å²) in [5.74, 6) is -1.32. The third-order valence-electron chi connectivity index (χ3n) is 3.19. The van der Waals surface area contributed by atoms with Crippen LogP contribution in [0, 0.1) is 17.0 Å². The molecule has 130 valence electrons. The molecule has 0 aliphatic carbocycles. The molecule has 0 bridgehead atoms. The molecule has 0 aliphatic rings. The lowest BCUT2D eigenvalue weighted by Crippen LogP contribution is -2.29. The first-order valence-electron chi connectivity index (χ1n) is 7.42. The number of thioether (sulfide) groups is 1. The molecule has 0 spiro atoms. The Hall–Kier alpha value is -1.89. The van der Waals surface area contributed by atoms with Crippen LogP contribution in [-0.2, 0) is 13.2 Å². The molecule has 1 aromatic carbocycles. The Labute approximate surface area is 143 Å². The van der Waals surface area contributed by atoms with Crippen molar-refractivity contribution >= 4 is 11.8 Å². The topological polar surface area (TPSA) is 44.1 Å². The average molecular weight is 354 g/mol. The molecule has 0 N–H and O–H groups in total. The van der Waals surface area contributed by atoms with Gasteiger partial charge in [-0.15, -0.1) is 0 Å². The van der Waals surface area contributed by atoms with Gasteiger partial charge in [-0.2, -0.15) is 0 Å². The van der Waals surface area contributed by atoms with E-state index < -0.39 is 11.6 Å². The first kappa shape index (κ1) is 18.4. The van der Waals surface area contributed by atoms with Crippen LogP contribution in [-0.4, -0.2) is 15.8 Å². The highest BCUT2D eigenvalue weighted by Gasteiger charge is 2.18. The second kappa shape index (κ2) is 7.34. The highest BCUT2D eigenvalue weighted by atomic mass is 32.2. The number of benzene rings is 1. The summed E-state index contributed by atoms with van der Waals surface area (Å²) in [7, 11) is 0. The van der Waals surface area contributed by atoms with Crippen LogP contribution in [0.4, 0.5) is 8.78 Å². The molecular weight excluding hydrogens is 334 g/mol. The van der Waals surface area contributed by atoms with Crippen LogP contribution in [0.1, 0.15) is 26.3 Å². The lowest BCUT2D eigenvalue weighted by molar-refractivity contribution is 0.276. The fourth-order valence-electron chi connectivity index (χ4n) is 2.13. The van der Waals surface area contributed by atoms with E-state index in [1.165, 1.54) is 24.0 Å². The van der Waals surface area contributed by atoms with Crippen LogP contribution in [0.5, 0.6) is 5.75 Å². The van der Waals surface area contributed by atoms with Crippen molar-refractivity contribution in [1.82, 2.24) is 9.55 Å². The molecule has 2 rings (SSSR count). The lowest BCUT2D eigenvalue weighted by atomic mass is 9.97. The molecule has 0 aliphatic heterocycles. The van der Waals surface area contributed by atoms with Crippen molar-refractivity contribution in [2.45, 2.75) is 39.1 Å². The van der Waals surface area contributed by atoms with Crippen molar-refractivity contribution in [3.05, 3.63) is 51.9 Å². The van der Waals surface area contributed by atoms with Gasteiger partial charge in [-0.05, 0) is 23.8 Å². The molecule has 0 unspecified atom stereocenters. The number of ether oxygens (including phenoxy) is 1. The van der Waals surface area contributed by atoms with Crippen LogP contribution in [0.25, 0.3) is 0 Å². The van der Waals surface area contributed by atoms with Crippen molar-refractivity contribution in [3.63, 3.8) is 0 Å². The largest absolute Gasteiger partial charge is 0.482 e. The Morgan fingerprint density at radius 1 is 1.29 bits per heavy atom. The normalized spacial score (nSPS) is 11.6. The SMILES string of the molecule is CSc1ncc(OCc2ccc(F)cc2F)c(=O)n1CC(C)(C)C. The minimum atomic E-state index is -0.710. The van der Waals surface area contributed by atoms with E-state index in [0.717, 1.165) is 12.1 Å². The zero-order chi connectivity index (χ0) is 17.9. The summed E-state index contributed by atoms with van der Waals surface area (Å²) in [6.45, 7) is 6.37. The van der Waals surface area contributed by atoms with Gasteiger partial charge in [0.15, 0.2) is 5.16 Å². The van der Waals surface area contributed by atoms with Crippen molar-refractivity contribution < 1.29 is 13.5 Å². The highest BCUT2D eigenvalue weighted by Crippen LogP contribution is 2.21. The number of hydrogen-bond acceptors (Lipinski definition) is 4. The third-order valence-corrected chi connectivity index (χ3v) is 3.88. The van der Waals surface area contributed by atoms with Crippen LogP contribution in [0.15, 0.2) is 34.3 Å². The number of nitrogens with zero attached hydrogens (tertiary/aromatic N) is 2. The summed E-state index contributed by atoms with van der Waals surface area (Å²) in [5, 5.41) is 0.593. The number of rotatable bonds is 5. The van der Waals surface area contributed by atoms with E-state index >= 15 is 0 Å². The Morgan fingerprint density at radius 2 is 2.00 bits per heavy atom. The molecule has 0 radical (unpaired) electrons. The van der Waals surface area contributed by atoms with Crippen LogP contribution < -0.4 is 10.3 Å². The lowest BCUT2D eigenvalue weighted by Gasteiger charge is -2.21. The van der Waals surface area contributed by atoms with Gasteiger partial charge >= 0.3 is 0 Å². The maximum absolute atomic E-state index is 13.7. The van der Waals surface area contributed by atoms with Crippen molar-refractivity contribution in [3.8, 4) is 5.75 Å². The summed E-state index contributed by atoms with van der Waals surface area (Å²) in [6, 6.07) is 3.22. The highest BCUT2D eigenvalue weighted by molar-refractivity contribution is 7.98. The summed E-state index contributed by atoms with van der Waals surface area (Å²) in [5.41, 5.74) is -0.253. The fraction of sp³-hybridized carbons (Fsp3) is 0.412. The van der Waals surface area contributed by atoms with Gasteiger partial charge in [-0.25, -0.2) is 13.8 Å². The van der Waals surface area contributed by atoms with E-state index in [0.29, 0.717) is 11.7 Å². The predicted octanol–water partition coefficient (Wildman–Crippen LogP) is 3.87. The maximum Gasteiger partial charge on any atom is 0.296 e. The van der Waals surface area contributed by atoms with E-state index in [-0.39, 0.29) is 28.9 Å². The standard InChI is InChI=1S/C17H20F2N2O2S/c1-17(2,3)10-21-15(22)14(8-20-16(21)24-4)23-9-11-5-6-12(18)7-13(11)19/h5-8H,9-10H2,1-4H3. The van der Waals surface area contributed by atoms with Crippen LogP contribution in [0.2, 0.25) is 0 Å². The molecule has 0 saturated heterocycles. The van der Waals surface area contributed by atoms with Gasteiger partial charge in [0.1, 0.15) is 18.2 Å². The molecule has 0 amide bonds. The van der Waals surface area contributed by atoms with Crippen molar-refractivity contribution in [1.29, 1.82) is 0 Å². The minimum Gasteiger partial charge on any atom is -0.482 e. The minimum absolute atomic E-state index is 0.0424. The third kappa shape index (κ3) is 4.56. The molecule has 0 atom stereocenters. The molecule has 2 aromatic rings. The monoisotopic (exact) mass is 354 g/mol. The Morgan fingerprint density at radius 3 is 2.58 bits per heavy atom. The van der Waals surface area contributed by atoms with E-state index in [2.05, 4.69) is 4.98 Å². The van der Waals surface area contributed by atoms with Gasteiger partial charge in [0.25, 0.3) is 5.56 Å². The quantitative estimate of drug-likeness (QED) is 0.604. The first-order valence-corrected chi connectivity index (χ1v) is 8.64. The molecule has 0 fully saturated rings. The Kier molecular flexibility index (Phi) is 5.64. The molecule has 4 nitrogen and oxygen atoms in total. The second-order valence-electron chi connectivity index (χ2n) is 6.59. The number of halogens is 2. The zero-order valence-electron chi connectivity index (χ0n) is 14.1. The summed E-state index contributed by atoms with van der Waals surface area (Å²) in [4.78, 5) is 16.9. The predicted molar refractivity (Wildman–Crippen MR) is 90.4 cm³/mol. The summed E-state index contributed by atoms with van der Waals surface area (Å²) >= 11 is 1.37. The van der Waals surface area contributed by atoms with Gasteiger partial charge in [0.05, 0.1) is 6.20 Å². The molecule has 7 heteroatoms. The van der Waals surface area contributed by atoms with Gasteiger partial charge in [0, 0.05) is 18.2 Å². The summed E-state index contributed by atoms with van der Waals surface area (Å²) < 4.78 is 33.6. The smallest absolute Gasteiger partial charge is 0.296 e. The molecule has 1 heterocycles. The zero-order valence-corrected chi connectivity index (χ0v) is 14.9. The van der Waals surface area contributed by atoms with Crippen molar-refractivity contribution in [2.75, 3.05) is 6.26 Å². The maximum atomic E-state index is 13.7. The van der Waals surface area contributed by atoms with Crippen LogP contribution in [0.3, 0.4) is 0 Å². The van der Waals surface area contributed by atoms with Crippen molar-refractivity contribution in [2.24, 2.45) is 5.41 Å². The number of aromatic nitrogens is 2.